The van der Waals surface area contributed by atoms with Crippen molar-refractivity contribution in [2.24, 2.45) is 0 Å². The van der Waals surface area contributed by atoms with Crippen molar-refractivity contribution in [3.05, 3.63) is 170 Å². The number of fused-ring (bicyclic) bond motifs is 2. The van der Waals surface area contributed by atoms with Crippen LogP contribution in [0.1, 0.15) is 0 Å². The molecule has 0 saturated heterocycles. The first-order valence-corrected chi connectivity index (χ1v) is 17.5. The van der Waals surface area contributed by atoms with E-state index in [1.165, 1.54) is 64.6 Å². The standard InChI is InChI=1S/C48H28N4/c1-3-10-32(11-4-1)46-47(33-12-5-2-6-13-33)52-41(28-49-46)36-26-50-48(51-27-36)35-24-34-23-22-31-15-8-18-38-37-17-7-14-29-20-21-30-16-9-19-39(44(30)42(29)37)40(25-35)45(34)43(31)38/h1-28H. The highest BCUT2D eigenvalue weighted by atomic mass is 14.9. The lowest BCUT2D eigenvalue weighted by atomic mass is 9.87. The van der Waals surface area contributed by atoms with Crippen LogP contribution in [0.5, 0.6) is 0 Å². The van der Waals surface area contributed by atoms with E-state index in [4.69, 9.17) is 19.9 Å². The Morgan fingerprint density at radius 3 is 1.38 bits per heavy atom. The maximum absolute atomic E-state index is 5.13. The van der Waals surface area contributed by atoms with Crippen LogP contribution in [0, 0.1) is 0 Å². The monoisotopic (exact) mass is 660 g/mol. The first-order chi connectivity index (χ1) is 25.8. The Bertz CT molecular complexity index is 3150. The predicted molar refractivity (Wildman–Crippen MR) is 216 cm³/mol. The largest absolute Gasteiger partial charge is 0.252 e. The number of hydrogen-bond acceptors (Lipinski definition) is 4. The molecule has 0 spiro atoms. The molecule has 0 amide bonds. The highest BCUT2D eigenvalue weighted by Crippen LogP contribution is 2.44. The van der Waals surface area contributed by atoms with Crippen LogP contribution in [0.4, 0.5) is 0 Å². The molecule has 0 unspecified atom stereocenters. The van der Waals surface area contributed by atoms with Crippen molar-refractivity contribution in [3.63, 3.8) is 0 Å². The minimum absolute atomic E-state index is 0.667. The van der Waals surface area contributed by atoms with Crippen LogP contribution in [0.2, 0.25) is 0 Å². The van der Waals surface area contributed by atoms with Crippen molar-refractivity contribution in [2.75, 3.05) is 0 Å². The van der Waals surface area contributed by atoms with Crippen molar-refractivity contribution in [1.82, 2.24) is 19.9 Å². The van der Waals surface area contributed by atoms with E-state index in [2.05, 4.69) is 115 Å². The Kier molecular flexibility index (Phi) is 6.22. The third-order valence-corrected chi connectivity index (χ3v) is 10.5. The average molecular weight is 661 g/mol. The molecule has 11 rings (SSSR count). The van der Waals surface area contributed by atoms with Crippen molar-refractivity contribution >= 4 is 64.6 Å². The fourth-order valence-corrected chi connectivity index (χ4v) is 8.16. The molecule has 0 aliphatic rings. The summed E-state index contributed by atoms with van der Waals surface area (Å²) >= 11 is 0. The fraction of sp³-hybridized carbons (Fsp3) is 0. The van der Waals surface area contributed by atoms with E-state index >= 15 is 0 Å². The number of aromatic nitrogens is 4. The van der Waals surface area contributed by atoms with Crippen molar-refractivity contribution in [1.29, 1.82) is 0 Å². The third-order valence-electron chi connectivity index (χ3n) is 10.5. The van der Waals surface area contributed by atoms with Gasteiger partial charge >= 0.3 is 0 Å². The van der Waals surface area contributed by atoms with Gasteiger partial charge in [-0.1, -0.05) is 140 Å². The van der Waals surface area contributed by atoms with Gasteiger partial charge in [0.1, 0.15) is 0 Å². The molecule has 240 valence electrons. The maximum Gasteiger partial charge on any atom is 0.159 e. The number of nitrogens with zero attached hydrogens (tertiary/aromatic N) is 4. The summed E-state index contributed by atoms with van der Waals surface area (Å²) < 4.78 is 0. The molecule has 11 aromatic rings. The topological polar surface area (TPSA) is 51.6 Å². The van der Waals surface area contributed by atoms with Gasteiger partial charge in [-0.15, -0.1) is 0 Å². The van der Waals surface area contributed by atoms with E-state index < -0.39 is 0 Å². The SMILES string of the molecule is c1ccc(-c2ncc(-c3cnc(-c4cc5ccc6cccc7c8cccc9ccc%10cccc(c(c4)c5c67)c%10c98)nc3)nc2-c2ccccc2)cc1. The predicted octanol–water partition coefficient (Wildman–Crippen LogP) is 12.3. The molecule has 9 aromatic carbocycles. The van der Waals surface area contributed by atoms with E-state index in [0.29, 0.717) is 5.82 Å². The molecule has 0 aliphatic carbocycles. The van der Waals surface area contributed by atoms with Gasteiger partial charge in [0.2, 0.25) is 0 Å². The highest BCUT2D eigenvalue weighted by molar-refractivity contribution is 6.37. The average Bonchev–Trinajstić information content (AvgIpc) is 3.22. The van der Waals surface area contributed by atoms with Crippen molar-refractivity contribution in [3.8, 4) is 45.2 Å². The normalized spacial score (nSPS) is 11.8. The molecule has 4 nitrogen and oxygen atoms in total. The van der Waals surface area contributed by atoms with Gasteiger partial charge in [0.25, 0.3) is 0 Å². The second-order valence-electron chi connectivity index (χ2n) is 13.4. The quantitative estimate of drug-likeness (QED) is 0.176. The molecule has 4 heteroatoms. The summed E-state index contributed by atoms with van der Waals surface area (Å²) in [5.41, 5.74) is 6.21. The summed E-state index contributed by atoms with van der Waals surface area (Å²) in [7, 11) is 0. The van der Waals surface area contributed by atoms with Crippen LogP contribution >= 0.6 is 0 Å². The second-order valence-corrected chi connectivity index (χ2v) is 13.4. The molecule has 0 bridgehead atoms. The zero-order valence-corrected chi connectivity index (χ0v) is 28.0. The minimum atomic E-state index is 0.667. The van der Waals surface area contributed by atoms with Crippen molar-refractivity contribution < 1.29 is 0 Å². The van der Waals surface area contributed by atoms with Gasteiger partial charge in [-0.05, 0) is 76.8 Å². The van der Waals surface area contributed by atoms with Gasteiger partial charge in [-0.2, -0.15) is 0 Å². The molecule has 0 atom stereocenters. The molecule has 2 aromatic heterocycles. The summed E-state index contributed by atoms with van der Waals surface area (Å²) in [4.78, 5) is 20.0. The molecular formula is C48H28N4. The smallest absolute Gasteiger partial charge is 0.159 e. The minimum Gasteiger partial charge on any atom is -0.252 e. The fourth-order valence-electron chi connectivity index (χ4n) is 8.16. The molecule has 0 fully saturated rings. The first-order valence-electron chi connectivity index (χ1n) is 17.5. The molecular weight excluding hydrogens is 633 g/mol. The van der Waals surface area contributed by atoms with Gasteiger partial charge in [-0.25, -0.2) is 15.0 Å². The lowest BCUT2D eigenvalue weighted by Gasteiger charge is -2.16. The highest BCUT2D eigenvalue weighted by Gasteiger charge is 2.18. The van der Waals surface area contributed by atoms with Gasteiger partial charge < -0.3 is 0 Å². The van der Waals surface area contributed by atoms with Crippen LogP contribution in [0.25, 0.3) is 110 Å². The van der Waals surface area contributed by atoms with Crippen LogP contribution in [0.15, 0.2) is 170 Å². The van der Waals surface area contributed by atoms with Crippen LogP contribution in [-0.4, -0.2) is 19.9 Å². The summed E-state index contributed by atoms with van der Waals surface area (Å²) in [5, 5.41) is 15.0. The number of rotatable bonds is 4. The Morgan fingerprint density at radius 1 is 0.308 bits per heavy atom. The van der Waals surface area contributed by atoms with Gasteiger partial charge in [0.05, 0.1) is 23.3 Å². The van der Waals surface area contributed by atoms with Gasteiger partial charge in [-0.3, -0.25) is 4.98 Å². The van der Waals surface area contributed by atoms with Crippen LogP contribution < -0.4 is 0 Å². The zero-order valence-electron chi connectivity index (χ0n) is 28.0. The second kappa shape index (κ2) is 11.2. The van der Waals surface area contributed by atoms with E-state index in [1.54, 1.807) is 0 Å². The lowest BCUT2D eigenvalue weighted by Crippen LogP contribution is -1.97. The molecule has 0 aliphatic heterocycles. The Hall–Kier alpha value is -7.04. The summed E-state index contributed by atoms with van der Waals surface area (Å²) in [6, 6.07) is 54.0. The molecule has 0 saturated carbocycles. The third kappa shape index (κ3) is 4.34. The number of benzene rings is 8. The summed E-state index contributed by atoms with van der Waals surface area (Å²) in [6.45, 7) is 0. The first kappa shape index (κ1) is 28.8. The van der Waals surface area contributed by atoms with Gasteiger partial charge in [0, 0.05) is 34.6 Å². The molecule has 0 radical (unpaired) electrons. The maximum atomic E-state index is 5.13. The lowest BCUT2D eigenvalue weighted by molar-refractivity contribution is 1.15. The van der Waals surface area contributed by atoms with Crippen molar-refractivity contribution in [2.45, 2.75) is 0 Å². The number of hydrogen-bond donors (Lipinski definition) is 0. The Balaban J connectivity index is 1.12. The van der Waals surface area contributed by atoms with E-state index in [9.17, 15) is 0 Å². The molecule has 52 heavy (non-hydrogen) atoms. The van der Waals surface area contributed by atoms with E-state index in [1.807, 2.05) is 55.0 Å². The molecule has 0 N–H and O–H groups in total. The van der Waals surface area contributed by atoms with Crippen LogP contribution in [-0.2, 0) is 0 Å². The Morgan fingerprint density at radius 2 is 0.808 bits per heavy atom. The van der Waals surface area contributed by atoms with E-state index in [-0.39, 0.29) is 0 Å². The van der Waals surface area contributed by atoms with Gasteiger partial charge in [0.15, 0.2) is 5.82 Å². The summed E-state index contributed by atoms with van der Waals surface area (Å²) in [6.07, 6.45) is 5.56. The zero-order chi connectivity index (χ0) is 34.2. The van der Waals surface area contributed by atoms with E-state index in [0.717, 1.165) is 39.3 Å². The molecule has 2 heterocycles. The summed E-state index contributed by atoms with van der Waals surface area (Å²) in [5.74, 6) is 0.667. The Labute approximate surface area is 299 Å². The van der Waals surface area contributed by atoms with Crippen LogP contribution in [0.3, 0.4) is 0 Å².